The zero-order chi connectivity index (χ0) is 13.5. The van der Waals surface area contributed by atoms with Crippen LogP contribution in [0.25, 0.3) is 0 Å². The Morgan fingerprint density at radius 3 is 2.32 bits per heavy atom. The van der Waals surface area contributed by atoms with Gasteiger partial charge in [-0.25, -0.2) is 0 Å². The highest BCUT2D eigenvalue weighted by Gasteiger charge is 2.59. The van der Waals surface area contributed by atoms with Crippen molar-refractivity contribution in [3.8, 4) is 0 Å². The van der Waals surface area contributed by atoms with Crippen LogP contribution in [-0.2, 0) is 17.6 Å². The molecule has 0 aliphatic heterocycles. The number of rotatable bonds is 5. The van der Waals surface area contributed by atoms with E-state index >= 15 is 0 Å². The summed E-state index contributed by atoms with van der Waals surface area (Å²) in [6.45, 7) is 0.904. The van der Waals surface area contributed by atoms with E-state index in [-0.39, 0.29) is 5.41 Å². The molecule has 0 spiro atoms. The van der Waals surface area contributed by atoms with Crippen molar-refractivity contribution < 1.29 is 9.84 Å². The number of nitrogens with two attached hydrogens (primary N) is 1. The monoisotopic (exact) mass is 261 g/mol. The van der Waals surface area contributed by atoms with Crippen molar-refractivity contribution in [2.24, 2.45) is 17.1 Å². The summed E-state index contributed by atoms with van der Waals surface area (Å²) in [6, 6.07) is 8.45. The Bertz CT molecular complexity index is 445. The normalized spacial score (nSPS) is 23.9. The lowest BCUT2D eigenvalue weighted by Gasteiger charge is -2.44. The SMILES string of the molecule is COCC(O)(C1CC1)C1(CN)Cc2ccccc2C1. The molecule has 2 aliphatic carbocycles. The highest BCUT2D eigenvalue weighted by atomic mass is 16.5. The van der Waals surface area contributed by atoms with E-state index in [1.807, 2.05) is 0 Å². The second-order valence-corrected chi connectivity index (χ2v) is 6.24. The van der Waals surface area contributed by atoms with Gasteiger partial charge in [0.05, 0.1) is 12.2 Å². The van der Waals surface area contributed by atoms with Crippen LogP contribution in [0.2, 0.25) is 0 Å². The topological polar surface area (TPSA) is 55.5 Å². The van der Waals surface area contributed by atoms with Crippen LogP contribution in [0.5, 0.6) is 0 Å². The van der Waals surface area contributed by atoms with Crippen LogP contribution in [0.1, 0.15) is 24.0 Å². The van der Waals surface area contributed by atoms with Crippen LogP contribution < -0.4 is 5.73 Å². The zero-order valence-electron chi connectivity index (χ0n) is 11.6. The first kappa shape index (κ1) is 13.1. The molecule has 1 aromatic carbocycles. The number of hydrogen-bond donors (Lipinski definition) is 2. The molecule has 1 atom stereocenters. The van der Waals surface area contributed by atoms with Gasteiger partial charge in [0.2, 0.25) is 0 Å². The first-order valence-electron chi connectivity index (χ1n) is 7.13. The number of benzene rings is 1. The molecule has 0 aromatic heterocycles. The molecule has 3 nitrogen and oxygen atoms in total. The second-order valence-electron chi connectivity index (χ2n) is 6.24. The van der Waals surface area contributed by atoms with E-state index in [0.717, 1.165) is 25.7 Å². The van der Waals surface area contributed by atoms with Gasteiger partial charge in [-0.3, -0.25) is 0 Å². The number of aliphatic hydroxyl groups is 1. The molecule has 1 saturated carbocycles. The van der Waals surface area contributed by atoms with E-state index in [1.54, 1.807) is 7.11 Å². The van der Waals surface area contributed by atoms with Crippen LogP contribution in [0.4, 0.5) is 0 Å². The van der Waals surface area contributed by atoms with Crippen LogP contribution in [-0.4, -0.2) is 31.0 Å². The van der Waals surface area contributed by atoms with E-state index < -0.39 is 5.60 Å². The zero-order valence-corrected chi connectivity index (χ0v) is 11.6. The number of fused-ring (bicyclic) bond motifs is 1. The number of ether oxygens (including phenoxy) is 1. The van der Waals surface area contributed by atoms with Gasteiger partial charge in [-0.05, 0) is 42.7 Å². The average Bonchev–Trinajstić information content (AvgIpc) is 3.19. The van der Waals surface area contributed by atoms with E-state index in [4.69, 9.17) is 10.5 Å². The molecule has 1 fully saturated rings. The highest BCUT2D eigenvalue weighted by molar-refractivity contribution is 5.37. The molecule has 3 rings (SSSR count). The Kier molecular flexibility index (Phi) is 3.16. The van der Waals surface area contributed by atoms with Gasteiger partial charge in [-0.1, -0.05) is 24.3 Å². The van der Waals surface area contributed by atoms with Gasteiger partial charge in [0.25, 0.3) is 0 Å². The Labute approximate surface area is 114 Å². The summed E-state index contributed by atoms with van der Waals surface area (Å²) < 4.78 is 5.34. The van der Waals surface area contributed by atoms with Gasteiger partial charge < -0.3 is 15.6 Å². The maximum absolute atomic E-state index is 11.3. The second kappa shape index (κ2) is 4.58. The average molecular weight is 261 g/mol. The van der Waals surface area contributed by atoms with Crippen molar-refractivity contribution in [3.05, 3.63) is 35.4 Å². The summed E-state index contributed by atoms with van der Waals surface area (Å²) in [7, 11) is 1.67. The third-order valence-electron chi connectivity index (χ3n) is 5.10. The van der Waals surface area contributed by atoms with E-state index in [1.165, 1.54) is 11.1 Å². The summed E-state index contributed by atoms with van der Waals surface area (Å²) in [4.78, 5) is 0. The summed E-state index contributed by atoms with van der Waals surface area (Å²) in [5, 5.41) is 11.3. The first-order valence-corrected chi connectivity index (χ1v) is 7.13. The fourth-order valence-corrected chi connectivity index (χ4v) is 3.81. The quantitative estimate of drug-likeness (QED) is 0.845. The minimum Gasteiger partial charge on any atom is -0.387 e. The van der Waals surface area contributed by atoms with Crippen LogP contribution in [0, 0.1) is 11.3 Å². The lowest BCUT2D eigenvalue weighted by atomic mass is 9.67. The Hall–Kier alpha value is -0.900. The lowest BCUT2D eigenvalue weighted by molar-refractivity contribution is -0.134. The molecule has 19 heavy (non-hydrogen) atoms. The fourth-order valence-electron chi connectivity index (χ4n) is 3.81. The fraction of sp³-hybridized carbons (Fsp3) is 0.625. The maximum atomic E-state index is 11.3. The summed E-state index contributed by atoms with van der Waals surface area (Å²) in [6.07, 6.45) is 3.93. The molecular weight excluding hydrogens is 238 g/mol. The molecule has 2 aliphatic rings. The van der Waals surface area contributed by atoms with Crippen molar-refractivity contribution in [1.82, 2.24) is 0 Å². The third-order valence-corrected chi connectivity index (χ3v) is 5.10. The van der Waals surface area contributed by atoms with Gasteiger partial charge in [-0.2, -0.15) is 0 Å². The molecule has 0 amide bonds. The van der Waals surface area contributed by atoms with Crippen molar-refractivity contribution in [2.75, 3.05) is 20.3 Å². The molecular formula is C16H23NO2. The Morgan fingerprint density at radius 1 is 1.32 bits per heavy atom. The predicted molar refractivity (Wildman–Crippen MR) is 74.9 cm³/mol. The van der Waals surface area contributed by atoms with Crippen LogP contribution in [0.15, 0.2) is 24.3 Å². The lowest BCUT2D eigenvalue weighted by Crippen LogP contribution is -2.57. The molecule has 1 unspecified atom stereocenters. The minimum atomic E-state index is -0.782. The Balaban J connectivity index is 1.96. The molecule has 0 heterocycles. The van der Waals surface area contributed by atoms with Crippen molar-refractivity contribution in [1.29, 1.82) is 0 Å². The highest BCUT2D eigenvalue weighted by Crippen LogP contribution is 2.54. The molecule has 0 radical (unpaired) electrons. The van der Waals surface area contributed by atoms with E-state index in [2.05, 4.69) is 24.3 Å². The summed E-state index contributed by atoms with van der Waals surface area (Å²) in [5.74, 6) is 0.352. The summed E-state index contributed by atoms with van der Waals surface area (Å²) in [5.41, 5.74) is 7.75. The first-order chi connectivity index (χ1) is 9.15. The smallest absolute Gasteiger partial charge is 0.0982 e. The predicted octanol–water partition coefficient (Wildman–Crippen LogP) is 1.52. The van der Waals surface area contributed by atoms with Crippen LogP contribution >= 0.6 is 0 Å². The molecule has 104 valence electrons. The molecule has 1 aromatic rings. The number of hydrogen-bond acceptors (Lipinski definition) is 3. The van der Waals surface area contributed by atoms with Crippen molar-refractivity contribution in [3.63, 3.8) is 0 Å². The van der Waals surface area contributed by atoms with Gasteiger partial charge in [0.1, 0.15) is 0 Å². The van der Waals surface area contributed by atoms with E-state index in [9.17, 15) is 5.11 Å². The molecule has 0 bridgehead atoms. The Morgan fingerprint density at radius 2 is 1.89 bits per heavy atom. The molecule has 3 heteroatoms. The summed E-state index contributed by atoms with van der Waals surface area (Å²) >= 11 is 0. The van der Waals surface area contributed by atoms with E-state index in [0.29, 0.717) is 19.1 Å². The molecule has 3 N–H and O–H groups in total. The van der Waals surface area contributed by atoms with Crippen molar-refractivity contribution in [2.45, 2.75) is 31.3 Å². The third kappa shape index (κ3) is 1.92. The van der Waals surface area contributed by atoms with Gasteiger partial charge in [0, 0.05) is 19.1 Å². The van der Waals surface area contributed by atoms with Gasteiger partial charge >= 0.3 is 0 Å². The number of methoxy groups -OCH3 is 1. The van der Waals surface area contributed by atoms with Gasteiger partial charge in [-0.15, -0.1) is 0 Å². The standard InChI is InChI=1S/C16H23NO2/c1-19-11-16(18,14-6-7-14)15(10-17)8-12-4-2-3-5-13(12)9-15/h2-5,14,18H,6-11,17H2,1H3. The largest absolute Gasteiger partial charge is 0.387 e. The van der Waals surface area contributed by atoms with Crippen molar-refractivity contribution >= 4 is 0 Å². The van der Waals surface area contributed by atoms with Gasteiger partial charge in [0.15, 0.2) is 0 Å². The molecule has 0 saturated heterocycles. The minimum absolute atomic E-state index is 0.256. The maximum Gasteiger partial charge on any atom is 0.0982 e. The van der Waals surface area contributed by atoms with Crippen LogP contribution in [0.3, 0.4) is 0 Å².